The molecule has 0 amide bonds. The molecule has 0 N–H and O–H groups in total. The van der Waals surface area contributed by atoms with Gasteiger partial charge < -0.3 is 9.64 Å². The van der Waals surface area contributed by atoms with Crippen LogP contribution in [0.4, 0.5) is 5.82 Å². The predicted octanol–water partition coefficient (Wildman–Crippen LogP) is 2.10. The van der Waals surface area contributed by atoms with Crippen molar-refractivity contribution in [2.45, 2.75) is 6.42 Å². The molecule has 1 heterocycles. The lowest BCUT2D eigenvalue weighted by Gasteiger charge is -2.22. The normalized spacial score (nSPS) is 9.81. The average Bonchev–Trinajstić information content (AvgIpc) is 2.31. The first-order valence-electron chi connectivity index (χ1n) is 5.00. The van der Waals surface area contributed by atoms with Crippen LogP contribution in [-0.2, 0) is 4.74 Å². The van der Waals surface area contributed by atoms with E-state index in [0.29, 0.717) is 31.1 Å². The molecule has 86 valence electrons. The third-order valence-electron chi connectivity index (χ3n) is 2.09. The Morgan fingerprint density at radius 3 is 2.88 bits per heavy atom. The molecule has 0 bridgehead atoms. The molecule has 0 atom stereocenters. The Hall–Kier alpha value is -1.31. The molecule has 0 spiro atoms. The first-order chi connectivity index (χ1) is 7.77. The Kier molecular flexibility index (Phi) is 5.62. The van der Waals surface area contributed by atoms with Crippen LogP contribution in [0.2, 0.25) is 5.02 Å². The number of pyridine rings is 1. The number of methoxy groups -OCH3 is 1. The van der Waals surface area contributed by atoms with Gasteiger partial charge in [-0.2, -0.15) is 5.26 Å². The fourth-order valence-electron chi connectivity index (χ4n) is 1.28. The standard InChI is InChI=1S/C11H14ClN3O/c1-16-8-7-15(6-2-5-13)11-4-3-10(12)9-14-11/h3-4,9H,2,6-8H2,1H3. The molecule has 1 aromatic rings. The van der Waals surface area contributed by atoms with Gasteiger partial charge in [-0.1, -0.05) is 11.6 Å². The van der Waals surface area contributed by atoms with Crippen molar-refractivity contribution in [1.82, 2.24) is 4.98 Å². The van der Waals surface area contributed by atoms with Gasteiger partial charge in [0.05, 0.1) is 24.1 Å². The van der Waals surface area contributed by atoms with E-state index >= 15 is 0 Å². The number of nitriles is 1. The number of nitrogens with zero attached hydrogens (tertiary/aromatic N) is 3. The van der Waals surface area contributed by atoms with Crippen molar-refractivity contribution in [1.29, 1.82) is 5.26 Å². The van der Waals surface area contributed by atoms with Crippen LogP contribution in [-0.4, -0.2) is 31.8 Å². The second-order valence-electron chi connectivity index (χ2n) is 3.22. The molecule has 1 rings (SSSR count). The molecule has 4 nitrogen and oxygen atoms in total. The summed E-state index contributed by atoms with van der Waals surface area (Å²) in [7, 11) is 1.65. The highest BCUT2D eigenvalue weighted by Gasteiger charge is 2.06. The topological polar surface area (TPSA) is 49.1 Å². The van der Waals surface area contributed by atoms with Crippen molar-refractivity contribution in [3.8, 4) is 6.07 Å². The molecule has 5 heteroatoms. The highest BCUT2D eigenvalue weighted by Crippen LogP contribution is 2.14. The lowest BCUT2D eigenvalue weighted by Crippen LogP contribution is -2.28. The zero-order valence-electron chi connectivity index (χ0n) is 9.19. The van der Waals surface area contributed by atoms with E-state index in [1.165, 1.54) is 0 Å². The zero-order valence-corrected chi connectivity index (χ0v) is 9.94. The maximum Gasteiger partial charge on any atom is 0.128 e. The number of hydrogen-bond donors (Lipinski definition) is 0. The molecule has 0 aliphatic heterocycles. The molecule has 0 unspecified atom stereocenters. The van der Waals surface area contributed by atoms with Gasteiger partial charge in [0.15, 0.2) is 0 Å². The molecule has 0 saturated heterocycles. The van der Waals surface area contributed by atoms with Gasteiger partial charge in [0.2, 0.25) is 0 Å². The molecular formula is C11H14ClN3O. The maximum atomic E-state index is 8.58. The minimum Gasteiger partial charge on any atom is -0.383 e. The summed E-state index contributed by atoms with van der Waals surface area (Å²) in [6.07, 6.45) is 2.07. The number of rotatable bonds is 6. The summed E-state index contributed by atoms with van der Waals surface area (Å²) in [4.78, 5) is 6.22. The van der Waals surface area contributed by atoms with Crippen molar-refractivity contribution in [2.24, 2.45) is 0 Å². The number of anilines is 1. The Morgan fingerprint density at radius 1 is 1.50 bits per heavy atom. The molecule has 0 aliphatic rings. The molecular weight excluding hydrogens is 226 g/mol. The lowest BCUT2D eigenvalue weighted by molar-refractivity contribution is 0.205. The molecule has 0 fully saturated rings. The van der Waals surface area contributed by atoms with Crippen LogP contribution in [0.15, 0.2) is 18.3 Å². The number of halogens is 1. The third-order valence-corrected chi connectivity index (χ3v) is 2.32. The average molecular weight is 240 g/mol. The highest BCUT2D eigenvalue weighted by atomic mass is 35.5. The number of aromatic nitrogens is 1. The van der Waals surface area contributed by atoms with Crippen LogP contribution >= 0.6 is 11.6 Å². The minimum atomic E-state index is 0.466. The highest BCUT2D eigenvalue weighted by molar-refractivity contribution is 6.30. The van der Waals surface area contributed by atoms with E-state index < -0.39 is 0 Å². The van der Waals surface area contributed by atoms with Crippen LogP contribution in [0.3, 0.4) is 0 Å². The first-order valence-corrected chi connectivity index (χ1v) is 5.38. The van der Waals surface area contributed by atoms with Gasteiger partial charge in [-0.3, -0.25) is 0 Å². The van der Waals surface area contributed by atoms with Crippen molar-refractivity contribution in [3.05, 3.63) is 23.4 Å². The quantitative estimate of drug-likeness (QED) is 0.763. The van der Waals surface area contributed by atoms with E-state index in [1.54, 1.807) is 19.4 Å². The second kappa shape index (κ2) is 7.04. The fourth-order valence-corrected chi connectivity index (χ4v) is 1.39. The van der Waals surface area contributed by atoms with Gasteiger partial charge in [-0.15, -0.1) is 0 Å². The van der Waals surface area contributed by atoms with Gasteiger partial charge in [0.25, 0.3) is 0 Å². The smallest absolute Gasteiger partial charge is 0.128 e. The summed E-state index contributed by atoms with van der Waals surface area (Å²) in [5.41, 5.74) is 0. The molecule has 0 aliphatic carbocycles. The molecule has 0 radical (unpaired) electrons. The summed E-state index contributed by atoms with van der Waals surface area (Å²) in [5, 5.41) is 9.19. The lowest BCUT2D eigenvalue weighted by atomic mass is 10.3. The van der Waals surface area contributed by atoms with Crippen molar-refractivity contribution < 1.29 is 4.74 Å². The van der Waals surface area contributed by atoms with Crippen molar-refractivity contribution >= 4 is 17.4 Å². The summed E-state index contributed by atoms with van der Waals surface area (Å²) in [6.45, 7) is 1.97. The van der Waals surface area contributed by atoms with Gasteiger partial charge in [-0.25, -0.2) is 4.98 Å². The zero-order chi connectivity index (χ0) is 11.8. The van der Waals surface area contributed by atoms with E-state index in [0.717, 1.165) is 5.82 Å². The van der Waals surface area contributed by atoms with Crippen LogP contribution < -0.4 is 4.90 Å². The van der Waals surface area contributed by atoms with Crippen LogP contribution in [0, 0.1) is 11.3 Å². The van der Waals surface area contributed by atoms with E-state index in [9.17, 15) is 0 Å². The number of hydrogen-bond acceptors (Lipinski definition) is 4. The Morgan fingerprint density at radius 2 is 2.31 bits per heavy atom. The van der Waals surface area contributed by atoms with Crippen molar-refractivity contribution in [3.63, 3.8) is 0 Å². The van der Waals surface area contributed by atoms with Crippen molar-refractivity contribution in [2.75, 3.05) is 31.7 Å². The summed E-state index contributed by atoms with van der Waals surface area (Å²) in [5.74, 6) is 0.816. The first kappa shape index (κ1) is 12.8. The van der Waals surface area contributed by atoms with Gasteiger partial charge >= 0.3 is 0 Å². The van der Waals surface area contributed by atoms with Crippen LogP contribution in [0.1, 0.15) is 6.42 Å². The van der Waals surface area contributed by atoms with Crippen LogP contribution in [0.5, 0.6) is 0 Å². The SMILES string of the molecule is COCCN(CCC#N)c1ccc(Cl)cn1. The fraction of sp³-hybridized carbons (Fsp3) is 0.455. The van der Waals surface area contributed by atoms with E-state index in [1.807, 2.05) is 11.0 Å². The summed E-state index contributed by atoms with van der Waals surface area (Å²) >= 11 is 5.77. The third kappa shape index (κ3) is 4.05. The summed E-state index contributed by atoms with van der Waals surface area (Å²) < 4.78 is 5.02. The van der Waals surface area contributed by atoms with E-state index in [2.05, 4.69) is 11.1 Å². The van der Waals surface area contributed by atoms with Gasteiger partial charge in [-0.05, 0) is 12.1 Å². The van der Waals surface area contributed by atoms with Crippen LogP contribution in [0.25, 0.3) is 0 Å². The second-order valence-corrected chi connectivity index (χ2v) is 3.66. The van der Waals surface area contributed by atoms with E-state index in [-0.39, 0.29) is 0 Å². The molecule has 1 aromatic heterocycles. The largest absolute Gasteiger partial charge is 0.383 e. The Balaban J connectivity index is 2.67. The molecule has 0 saturated carbocycles. The predicted molar refractivity (Wildman–Crippen MR) is 63.6 cm³/mol. The molecule has 0 aromatic carbocycles. The number of ether oxygens (including phenoxy) is 1. The maximum absolute atomic E-state index is 8.58. The summed E-state index contributed by atoms with van der Waals surface area (Å²) in [6, 6.07) is 5.75. The Bertz CT molecular complexity index is 347. The monoisotopic (exact) mass is 239 g/mol. The Labute approximate surface area is 100 Å². The minimum absolute atomic E-state index is 0.466. The van der Waals surface area contributed by atoms with E-state index in [4.69, 9.17) is 21.6 Å². The van der Waals surface area contributed by atoms with Gasteiger partial charge in [0.1, 0.15) is 5.82 Å². The molecule has 16 heavy (non-hydrogen) atoms. The van der Waals surface area contributed by atoms with Gasteiger partial charge in [0, 0.05) is 26.4 Å².